The SMILES string of the molecule is COC(=O)NC(C(=O)N1CCCC1c1ncc(-c2cc(F)c(N3CCC(c4cnc(C5CCCN5C(=O)C(NC(=O)OC)C(C)C)[nH]4)CC3)c(F)c2)[nH]1)c1ccccc1. The fourth-order valence-electron chi connectivity index (χ4n) is 8.60. The Balaban J connectivity index is 0.994. The number of amides is 4. The van der Waals surface area contributed by atoms with Crippen LogP contribution in [0.2, 0.25) is 0 Å². The number of nitrogens with zero attached hydrogens (tertiary/aromatic N) is 5. The van der Waals surface area contributed by atoms with E-state index in [0.29, 0.717) is 74.8 Å². The lowest BCUT2D eigenvalue weighted by Crippen LogP contribution is -2.51. The van der Waals surface area contributed by atoms with Gasteiger partial charge in [0.25, 0.3) is 5.91 Å². The first-order valence-electron chi connectivity index (χ1n) is 20.2. The van der Waals surface area contributed by atoms with Crippen molar-refractivity contribution in [3.8, 4) is 11.3 Å². The molecule has 0 bridgehead atoms. The predicted octanol–water partition coefficient (Wildman–Crippen LogP) is 6.27. The number of halogens is 2. The minimum absolute atomic E-state index is 0.0810. The summed E-state index contributed by atoms with van der Waals surface area (Å²) < 4.78 is 41.2. The number of aromatic amines is 2. The fourth-order valence-corrected chi connectivity index (χ4v) is 8.60. The lowest BCUT2D eigenvalue weighted by atomic mass is 9.93. The standard InChI is InChI=1S/C42H51F2N9O6/c1-24(2)34(49-41(56)58-3)39(54)52-16-8-12-32(52)37-45-22-30(47-37)25-14-18-51(19-15-25)36-28(43)20-27(21-29(36)44)31-23-46-38(48-31)33-13-9-17-53(33)40(55)35(50-42(57)59-4)26-10-6-5-7-11-26/h5-7,10-11,20-25,32-35H,8-9,12-19H2,1-4H3,(H,45,47)(H,46,48)(H,49,56)(H,50,57). The summed E-state index contributed by atoms with van der Waals surface area (Å²) in [6.07, 6.45) is 6.04. The van der Waals surface area contributed by atoms with E-state index in [-0.39, 0.29) is 40.9 Å². The van der Waals surface area contributed by atoms with Crippen LogP contribution >= 0.6 is 0 Å². The van der Waals surface area contributed by atoms with E-state index < -0.39 is 41.9 Å². The highest BCUT2D eigenvalue weighted by Crippen LogP contribution is 2.38. The Morgan fingerprint density at radius 3 is 1.95 bits per heavy atom. The molecule has 3 fully saturated rings. The van der Waals surface area contributed by atoms with E-state index in [1.807, 2.05) is 19.9 Å². The summed E-state index contributed by atoms with van der Waals surface area (Å²) in [6.45, 7) is 5.58. The van der Waals surface area contributed by atoms with E-state index in [9.17, 15) is 19.2 Å². The summed E-state index contributed by atoms with van der Waals surface area (Å²) in [4.78, 5) is 72.6. The maximum Gasteiger partial charge on any atom is 0.407 e. The van der Waals surface area contributed by atoms with Crippen molar-refractivity contribution < 1.29 is 37.4 Å². The maximum atomic E-state index is 15.8. The molecule has 2 aromatic carbocycles. The Morgan fingerprint density at radius 2 is 1.34 bits per heavy atom. The zero-order valence-corrected chi connectivity index (χ0v) is 33.7. The van der Waals surface area contributed by atoms with Gasteiger partial charge in [-0.1, -0.05) is 44.2 Å². The first-order valence-corrected chi connectivity index (χ1v) is 20.2. The highest BCUT2D eigenvalue weighted by Gasteiger charge is 2.39. The number of hydrogen-bond donors (Lipinski definition) is 4. The zero-order valence-electron chi connectivity index (χ0n) is 33.7. The number of ether oxygens (including phenoxy) is 2. The highest BCUT2D eigenvalue weighted by atomic mass is 19.1. The third kappa shape index (κ3) is 8.73. The Morgan fingerprint density at radius 1 is 0.763 bits per heavy atom. The number of hydrogen-bond acceptors (Lipinski definition) is 9. The van der Waals surface area contributed by atoms with Crippen molar-refractivity contribution >= 4 is 29.7 Å². The summed E-state index contributed by atoms with van der Waals surface area (Å²) in [6, 6.07) is 9.10. The van der Waals surface area contributed by atoms with Crippen molar-refractivity contribution in [2.75, 3.05) is 45.3 Å². The van der Waals surface area contributed by atoms with Gasteiger partial charge in [-0.3, -0.25) is 9.59 Å². The molecule has 3 aliphatic rings. The van der Waals surface area contributed by atoms with Crippen LogP contribution in [-0.4, -0.2) is 100 Å². The molecule has 17 heteroatoms. The highest BCUT2D eigenvalue weighted by molar-refractivity contribution is 5.88. The van der Waals surface area contributed by atoms with Gasteiger partial charge in [0, 0.05) is 49.6 Å². The first kappa shape index (κ1) is 41.2. The molecule has 59 heavy (non-hydrogen) atoms. The molecule has 0 radical (unpaired) electrons. The third-order valence-corrected chi connectivity index (χ3v) is 11.7. The smallest absolute Gasteiger partial charge is 0.407 e. The molecule has 0 aliphatic carbocycles. The molecule has 4 aromatic rings. The molecule has 0 spiro atoms. The van der Waals surface area contributed by atoms with E-state index in [1.54, 1.807) is 45.2 Å². The van der Waals surface area contributed by atoms with Crippen LogP contribution in [0.4, 0.5) is 24.1 Å². The number of methoxy groups -OCH3 is 2. The molecule has 314 valence electrons. The summed E-state index contributed by atoms with van der Waals surface area (Å²) in [7, 11) is 2.50. The minimum Gasteiger partial charge on any atom is -0.453 e. The molecule has 3 saturated heterocycles. The van der Waals surface area contributed by atoms with Gasteiger partial charge in [0.05, 0.1) is 38.2 Å². The van der Waals surface area contributed by atoms with Crippen molar-refractivity contribution in [2.45, 2.75) is 82.5 Å². The molecular weight excluding hydrogens is 765 g/mol. The fraction of sp³-hybridized carbons (Fsp3) is 0.476. The van der Waals surface area contributed by atoms with Crippen LogP contribution in [0.15, 0.2) is 54.9 Å². The lowest BCUT2D eigenvalue weighted by molar-refractivity contribution is -0.135. The molecule has 2 aromatic heterocycles. The number of likely N-dealkylation sites (tertiary alicyclic amines) is 2. The monoisotopic (exact) mass is 815 g/mol. The lowest BCUT2D eigenvalue weighted by Gasteiger charge is -2.33. The minimum atomic E-state index is -0.974. The molecule has 4 N–H and O–H groups in total. The molecule has 4 amide bonds. The molecule has 7 rings (SSSR count). The summed E-state index contributed by atoms with van der Waals surface area (Å²) in [5, 5.41) is 5.31. The number of aromatic nitrogens is 4. The summed E-state index contributed by atoms with van der Waals surface area (Å²) >= 11 is 0. The largest absolute Gasteiger partial charge is 0.453 e. The Hall–Kier alpha value is -6.00. The normalized spacial score (nSPS) is 19.5. The van der Waals surface area contributed by atoms with E-state index in [0.717, 1.165) is 18.5 Å². The van der Waals surface area contributed by atoms with Gasteiger partial charge in [-0.15, -0.1) is 0 Å². The number of H-pyrrole nitrogens is 2. The van der Waals surface area contributed by atoms with Crippen molar-refractivity contribution in [2.24, 2.45) is 5.92 Å². The topological polar surface area (TPSA) is 178 Å². The number of nitrogens with one attached hydrogen (secondary N) is 4. The van der Waals surface area contributed by atoms with E-state index in [4.69, 9.17) is 9.47 Å². The summed E-state index contributed by atoms with van der Waals surface area (Å²) in [5.41, 5.74) is 2.12. The van der Waals surface area contributed by atoms with Crippen LogP contribution in [0.3, 0.4) is 0 Å². The molecular formula is C42H51F2N9O6. The van der Waals surface area contributed by atoms with Crippen molar-refractivity contribution in [1.82, 2.24) is 40.4 Å². The number of alkyl carbamates (subject to hydrolysis) is 2. The zero-order chi connectivity index (χ0) is 41.8. The average Bonchev–Trinajstić information content (AvgIpc) is 4.08. The van der Waals surface area contributed by atoms with Crippen LogP contribution in [0.5, 0.6) is 0 Å². The van der Waals surface area contributed by atoms with Crippen LogP contribution in [0.25, 0.3) is 11.3 Å². The van der Waals surface area contributed by atoms with Crippen molar-refractivity contribution in [3.05, 3.63) is 89.4 Å². The van der Waals surface area contributed by atoms with Gasteiger partial charge in [-0.05, 0) is 62.1 Å². The number of rotatable bonds is 11. The second-order valence-electron chi connectivity index (χ2n) is 15.7. The molecule has 15 nitrogen and oxygen atoms in total. The predicted molar refractivity (Wildman–Crippen MR) is 213 cm³/mol. The van der Waals surface area contributed by atoms with Crippen molar-refractivity contribution in [3.63, 3.8) is 0 Å². The van der Waals surface area contributed by atoms with Gasteiger partial charge in [-0.25, -0.2) is 28.3 Å². The summed E-state index contributed by atoms with van der Waals surface area (Å²) in [5.74, 6) is -0.786. The second-order valence-corrected chi connectivity index (χ2v) is 15.7. The first-order chi connectivity index (χ1) is 28.5. The number of carbonyl (C=O) groups excluding carboxylic acids is 4. The molecule has 0 saturated carbocycles. The molecule has 4 unspecified atom stereocenters. The Labute approximate surface area is 341 Å². The van der Waals surface area contributed by atoms with Crippen LogP contribution in [0.1, 0.15) is 99.3 Å². The van der Waals surface area contributed by atoms with Crippen LogP contribution < -0.4 is 15.5 Å². The van der Waals surface area contributed by atoms with Gasteiger partial charge in [0.1, 0.15) is 41.1 Å². The molecule has 3 aliphatic heterocycles. The van der Waals surface area contributed by atoms with Crippen LogP contribution in [0, 0.1) is 17.6 Å². The van der Waals surface area contributed by atoms with E-state index >= 15 is 8.78 Å². The molecule has 4 atom stereocenters. The number of carbonyl (C=O) groups is 4. The molecule has 5 heterocycles. The van der Waals surface area contributed by atoms with Gasteiger partial charge < -0.3 is 44.8 Å². The Kier molecular flexibility index (Phi) is 12.5. The third-order valence-electron chi connectivity index (χ3n) is 11.7. The van der Waals surface area contributed by atoms with E-state index in [1.165, 1.54) is 32.5 Å². The van der Waals surface area contributed by atoms with Gasteiger partial charge >= 0.3 is 12.2 Å². The number of piperidine rings is 1. The quantitative estimate of drug-likeness (QED) is 0.136. The van der Waals surface area contributed by atoms with E-state index in [2.05, 4.69) is 30.6 Å². The second kappa shape index (κ2) is 17.9. The maximum absolute atomic E-state index is 15.8. The van der Waals surface area contributed by atoms with Crippen molar-refractivity contribution in [1.29, 1.82) is 0 Å². The number of benzene rings is 2. The number of anilines is 1. The number of imidazole rings is 2. The van der Waals surface area contributed by atoms with Gasteiger partial charge in [0.2, 0.25) is 5.91 Å². The van der Waals surface area contributed by atoms with Gasteiger partial charge in [-0.2, -0.15) is 0 Å². The average molecular weight is 816 g/mol. The van der Waals surface area contributed by atoms with Gasteiger partial charge in [0.15, 0.2) is 0 Å². The Bertz CT molecular complexity index is 2110. The van der Waals surface area contributed by atoms with Crippen LogP contribution in [-0.2, 0) is 19.1 Å².